The maximum absolute atomic E-state index is 12.6. The molecule has 28 heavy (non-hydrogen) atoms. The molecule has 0 unspecified atom stereocenters. The van der Waals surface area contributed by atoms with Crippen LogP contribution in [0.2, 0.25) is 0 Å². The van der Waals surface area contributed by atoms with Crippen LogP contribution < -0.4 is 10.9 Å². The molecule has 2 rings (SSSR count). The van der Waals surface area contributed by atoms with E-state index in [2.05, 4.69) is 10.1 Å². The summed E-state index contributed by atoms with van der Waals surface area (Å²) in [6.45, 7) is -1.57. The van der Waals surface area contributed by atoms with Gasteiger partial charge >= 0.3 is 12.1 Å². The molecule has 0 saturated carbocycles. The fourth-order valence-electron chi connectivity index (χ4n) is 2.02. The number of aromatic nitrogens is 1. The molecule has 0 radical (unpaired) electrons. The van der Waals surface area contributed by atoms with E-state index in [9.17, 15) is 37.7 Å². The van der Waals surface area contributed by atoms with E-state index in [1.165, 1.54) is 12.1 Å². The Labute approximate surface area is 154 Å². The molecule has 0 saturated heterocycles. The second kappa shape index (κ2) is 8.33. The first-order valence-corrected chi connectivity index (χ1v) is 7.54. The van der Waals surface area contributed by atoms with Crippen LogP contribution >= 0.6 is 0 Å². The number of non-ortho nitro benzene ring substituents is 1. The predicted molar refractivity (Wildman–Crippen MR) is 88.4 cm³/mol. The van der Waals surface area contributed by atoms with Crippen LogP contribution in [0.15, 0.2) is 47.4 Å². The highest BCUT2D eigenvalue weighted by Crippen LogP contribution is 2.28. The third-order valence-corrected chi connectivity index (χ3v) is 3.34. The molecule has 2 aromatic rings. The summed E-state index contributed by atoms with van der Waals surface area (Å²) in [4.78, 5) is 44.8. The summed E-state index contributed by atoms with van der Waals surface area (Å²) in [5.74, 6) is -1.88. The lowest BCUT2D eigenvalue weighted by atomic mass is 10.3. The van der Waals surface area contributed by atoms with Gasteiger partial charge in [0.05, 0.1) is 10.5 Å². The van der Waals surface area contributed by atoms with Gasteiger partial charge in [-0.05, 0) is 18.2 Å². The standard InChI is InChI=1S/C16H12F3N3O6/c17-16(18,19)10-1-6-14(24)21(7-10)8-15(25)28-9-13(23)20-11-2-4-12(5-3-11)22(26)27/h1-7H,8-9H2,(H,20,23). The van der Waals surface area contributed by atoms with Gasteiger partial charge in [-0.3, -0.25) is 24.5 Å². The smallest absolute Gasteiger partial charge is 0.417 e. The molecule has 0 aliphatic carbocycles. The number of anilines is 1. The lowest BCUT2D eigenvalue weighted by Gasteiger charge is -2.10. The third kappa shape index (κ3) is 5.65. The number of nitro groups is 1. The molecule has 0 spiro atoms. The Bertz CT molecular complexity index is 953. The second-order valence-corrected chi connectivity index (χ2v) is 5.39. The number of carbonyl (C=O) groups is 2. The number of hydrogen-bond donors (Lipinski definition) is 1. The summed E-state index contributed by atoms with van der Waals surface area (Å²) in [5.41, 5.74) is -1.94. The van der Waals surface area contributed by atoms with Crippen molar-refractivity contribution in [2.24, 2.45) is 0 Å². The van der Waals surface area contributed by atoms with Gasteiger partial charge in [-0.25, -0.2) is 0 Å². The van der Waals surface area contributed by atoms with Gasteiger partial charge in [0.1, 0.15) is 6.54 Å². The number of amides is 1. The van der Waals surface area contributed by atoms with Gasteiger partial charge in [0.25, 0.3) is 17.2 Å². The fraction of sp³-hybridized carbons (Fsp3) is 0.188. The molecular formula is C16H12F3N3O6. The van der Waals surface area contributed by atoms with Crippen molar-refractivity contribution in [3.05, 3.63) is 68.6 Å². The monoisotopic (exact) mass is 399 g/mol. The summed E-state index contributed by atoms with van der Waals surface area (Å²) in [6, 6.07) is 6.09. The number of nitrogens with one attached hydrogen (secondary N) is 1. The molecule has 9 nitrogen and oxygen atoms in total. The maximum atomic E-state index is 12.6. The van der Waals surface area contributed by atoms with E-state index in [1.54, 1.807) is 0 Å². The van der Waals surface area contributed by atoms with Crippen molar-refractivity contribution in [2.75, 3.05) is 11.9 Å². The average molecular weight is 399 g/mol. The number of pyridine rings is 1. The molecule has 1 amide bonds. The molecule has 1 aromatic heterocycles. The molecule has 148 valence electrons. The number of rotatable bonds is 6. The fourth-order valence-corrected chi connectivity index (χ4v) is 2.02. The number of nitrogens with zero attached hydrogens (tertiary/aromatic N) is 2. The molecule has 1 aromatic carbocycles. The third-order valence-electron chi connectivity index (χ3n) is 3.34. The molecule has 0 atom stereocenters. The summed E-state index contributed by atoms with van der Waals surface area (Å²) in [5, 5.41) is 12.8. The average Bonchev–Trinajstić information content (AvgIpc) is 2.61. The van der Waals surface area contributed by atoms with Crippen LogP contribution in [-0.2, 0) is 27.0 Å². The van der Waals surface area contributed by atoms with Crippen molar-refractivity contribution in [3.63, 3.8) is 0 Å². The van der Waals surface area contributed by atoms with Crippen LogP contribution in [-0.4, -0.2) is 28.0 Å². The van der Waals surface area contributed by atoms with Crippen molar-refractivity contribution in [2.45, 2.75) is 12.7 Å². The van der Waals surface area contributed by atoms with E-state index in [0.717, 1.165) is 12.1 Å². The zero-order chi connectivity index (χ0) is 20.9. The van der Waals surface area contributed by atoms with Crippen molar-refractivity contribution in [3.8, 4) is 0 Å². The van der Waals surface area contributed by atoms with Gasteiger partial charge in [-0.15, -0.1) is 0 Å². The zero-order valence-electron chi connectivity index (χ0n) is 13.9. The van der Waals surface area contributed by atoms with Gasteiger partial charge in [-0.2, -0.15) is 13.2 Å². The second-order valence-electron chi connectivity index (χ2n) is 5.39. The lowest BCUT2D eigenvalue weighted by Crippen LogP contribution is -2.28. The summed E-state index contributed by atoms with van der Waals surface area (Å²) in [6.07, 6.45) is -4.22. The first-order valence-electron chi connectivity index (χ1n) is 7.54. The van der Waals surface area contributed by atoms with Crippen LogP contribution in [0.5, 0.6) is 0 Å². The van der Waals surface area contributed by atoms with Crippen LogP contribution in [0.25, 0.3) is 0 Å². The molecule has 0 aliphatic heterocycles. The lowest BCUT2D eigenvalue weighted by molar-refractivity contribution is -0.384. The number of esters is 1. The normalized spacial score (nSPS) is 11.0. The summed E-state index contributed by atoms with van der Waals surface area (Å²) >= 11 is 0. The zero-order valence-corrected chi connectivity index (χ0v) is 13.9. The van der Waals surface area contributed by atoms with Crippen molar-refractivity contribution in [1.82, 2.24) is 4.57 Å². The van der Waals surface area contributed by atoms with Gasteiger partial charge < -0.3 is 14.6 Å². The van der Waals surface area contributed by atoms with Gasteiger partial charge in [0.15, 0.2) is 6.61 Å². The Balaban J connectivity index is 1.91. The first kappa shape index (κ1) is 20.6. The Morgan fingerprint density at radius 3 is 2.36 bits per heavy atom. The Kier molecular flexibility index (Phi) is 6.13. The van der Waals surface area contributed by atoms with E-state index in [-0.39, 0.29) is 11.4 Å². The number of halogens is 3. The maximum Gasteiger partial charge on any atom is 0.417 e. The number of hydrogen-bond acceptors (Lipinski definition) is 6. The van der Waals surface area contributed by atoms with E-state index in [0.29, 0.717) is 22.9 Å². The molecular weight excluding hydrogens is 387 g/mol. The van der Waals surface area contributed by atoms with Crippen LogP contribution in [0.4, 0.5) is 24.5 Å². The van der Waals surface area contributed by atoms with Crippen LogP contribution in [0.3, 0.4) is 0 Å². The highest BCUT2D eigenvalue weighted by molar-refractivity contribution is 5.92. The Hall–Kier alpha value is -3.70. The number of ether oxygens (including phenoxy) is 1. The molecule has 0 aliphatic rings. The van der Waals surface area contributed by atoms with Gasteiger partial charge in [0.2, 0.25) is 0 Å². The first-order chi connectivity index (χ1) is 13.1. The quantitative estimate of drug-likeness (QED) is 0.450. The number of alkyl halides is 3. The summed E-state index contributed by atoms with van der Waals surface area (Å²) < 4.78 is 43.1. The number of nitro benzene ring substituents is 1. The van der Waals surface area contributed by atoms with Gasteiger partial charge in [0, 0.05) is 30.1 Å². The van der Waals surface area contributed by atoms with Crippen molar-refractivity contribution in [1.29, 1.82) is 0 Å². The Morgan fingerprint density at radius 2 is 1.79 bits per heavy atom. The number of benzene rings is 1. The predicted octanol–water partition coefficient (Wildman–Crippen LogP) is 1.96. The largest absolute Gasteiger partial charge is 0.454 e. The minimum absolute atomic E-state index is 0.184. The minimum Gasteiger partial charge on any atom is -0.454 e. The van der Waals surface area contributed by atoms with E-state index < -0.39 is 47.3 Å². The molecule has 0 fully saturated rings. The topological polar surface area (TPSA) is 121 Å². The number of carbonyl (C=O) groups excluding carboxylic acids is 2. The molecule has 1 N–H and O–H groups in total. The SMILES string of the molecule is O=C(COC(=O)Cn1cc(C(F)(F)F)ccc1=O)Nc1ccc([N+](=O)[O-])cc1. The van der Waals surface area contributed by atoms with E-state index >= 15 is 0 Å². The molecule has 0 bridgehead atoms. The molecule has 1 heterocycles. The van der Waals surface area contributed by atoms with Crippen LogP contribution in [0, 0.1) is 10.1 Å². The molecule has 12 heteroatoms. The Morgan fingerprint density at radius 1 is 1.14 bits per heavy atom. The summed E-state index contributed by atoms with van der Waals surface area (Å²) in [7, 11) is 0. The minimum atomic E-state index is -4.69. The van der Waals surface area contributed by atoms with E-state index in [1.807, 2.05) is 0 Å². The van der Waals surface area contributed by atoms with Crippen LogP contribution in [0.1, 0.15) is 5.56 Å². The highest BCUT2D eigenvalue weighted by atomic mass is 19.4. The van der Waals surface area contributed by atoms with Gasteiger partial charge in [-0.1, -0.05) is 0 Å². The van der Waals surface area contributed by atoms with E-state index in [4.69, 9.17) is 0 Å². The van der Waals surface area contributed by atoms with Crippen molar-refractivity contribution >= 4 is 23.3 Å². The highest BCUT2D eigenvalue weighted by Gasteiger charge is 2.31. The van der Waals surface area contributed by atoms with Crippen molar-refractivity contribution < 1.29 is 32.4 Å².